The minimum Gasteiger partial charge on any atom is -0.453 e. The maximum Gasteiger partial charge on any atom is 0.311 e. The third kappa shape index (κ3) is 14.0. The van der Waals surface area contributed by atoms with E-state index in [1.165, 1.54) is 13.3 Å². The van der Waals surface area contributed by atoms with Gasteiger partial charge in [-0.3, -0.25) is 4.79 Å². The number of nitrogens with zero attached hydrogens (tertiary/aromatic N) is 2. The molecule has 0 amide bonds. The number of fused-ring (bicyclic) bond motifs is 1. The van der Waals surface area contributed by atoms with Gasteiger partial charge in [-0.15, -0.1) is 0 Å². The fourth-order valence-corrected chi connectivity index (χ4v) is 10.5. The monoisotopic (exact) mass is 726 g/mol. The van der Waals surface area contributed by atoms with Gasteiger partial charge in [-0.25, -0.2) is 0 Å². The van der Waals surface area contributed by atoms with Crippen LogP contribution in [-0.4, -0.2) is 96.1 Å². The second-order valence-corrected chi connectivity index (χ2v) is 39.6. The summed E-state index contributed by atoms with van der Waals surface area (Å²) in [7, 11) is -8.66. The first-order chi connectivity index (χ1) is 20.8. The van der Waals surface area contributed by atoms with Crippen molar-refractivity contribution < 1.29 is 32.1 Å². The van der Waals surface area contributed by atoms with Crippen molar-refractivity contribution in [2.24, 2.45) is 5.16 Å². The summed E-state index contributed by atoms with van der Waals surface area (Å²) < 4.78 is 35.8. The molecule has 2 rings (SSSR count). The van der Waals surface area contributed by atoms with Crippen molar-refractivity contribution in [3.8, 4) is 0 Å². The van der Waals surface area contributed by atoms with Gasteiger partial charge in [0.05, 0.1) is 25.3 Å². The van der Waals surface area contributed by atoms with Crippen molar-refractivity contribution >= 4 is 64.6 Å². The first kappa shape index (κ1) is 40.8. The van der Waals surface area contributed by atoms with Crippen LogP contribution in [0, 0.1) is 0 Å². The van der Waals surface area contributed by atoms with Crippen molar-refractivity contribution in [1.29, 1.82) is 0 Å². The molecule has 0 radical (unpaired) electrons. The van der Waals surface area contributed by atoms with Crippen molar-refractivity contribution in [1.82, 2.24) is 4.23 Å². The third-order valence-corrected chi connectivity index (χ3v) is 12.4. The highest BCUT2D eigenvalue weighted by Crippen LogP contribution is 2.29. The maximum absolute atomic E-state index is 13.9. The van der Waals surface area contributed by atoms with Crippen LogP contribution in [0.2, 0.25) is 98.2 Å². The van der Waals surface area contributed by atoms with Crippen LogP contribution in [0.1, 0.15) is 5.56 Å². The Bertz CT molecular complexity index is 1300. The fourth-order valence-electron chi connectivity index (χ4n) is 5.07. The van der Waals surface area contributed by atoms with Crippen LogP contribution in [0.4, 0.5) is 0 Å². The van der Waals surface area contributed by atoms with Crippen LogP contribution in [0.3, 0.4) is 0 Å². The molecular formula is C32H62N2O7Si5. The SMILES string of the molecule is CO/N=C/[C@H](OC(=O)Cc1cn([Si](C)(C)C)c2ccccc12)[C@@H](O[Si](C)(C)C)[C@H](O[Si](C)(C)C)[C@@H](CO[Si](C)(C)C)O[Si](C)(C)C. The summed E-state index contributed by atoms with van der Waals surface area (Å²) in [5.41, 5.74) is 2.07. The van der Waals surface area contributed by atoms with E-state index in [4.69, 9.17) is 27.3 Å². The normalized spacial score (nSPS) is 16.4. The summed E-state index contributed by atoms with van der Waals surface area (Å²) in [6.45, 7) is 33.0. The van der Waals surface area contributed by atoms with Gasteiger partial charge in [0.25, 0.3) is 0 Å². The van der Waals surface area contributed by atoms with E-state index >= 15 is 0 Å². The van der Waals surface area contributed by atoms with Gasteiger partial charge in [-0.05, 0) is 96.4 Å². The molecule has 46 heavy (non-hydrogen) atoms. The van der Waals surface area contributed by atoms with Gasteiger partial charge in [0, 0.05) is 10.9 Å². The van der Waals surface area contributed by atoms with Gasteiger partial charge in [-0.1, -0.05) is 43.0 Å². The molecule has 262 valence electrons. The second-order valence-electron chi connectivity index (χ2n) is 16.9. The van der Waals surface area contributed by atoms with E-state index in [-0.39, 0.29) is 12.4 Å². The topological polar surface area (TPSA) is 89.7 Å². The molecule has 14 heteroatoms. The van der Waals surface area contributed by atoms with E-state index < -0.39 is 65.9 Å². The maximum atomic E-state index is 13.9. The number of para-hydroxylation sites is 1. The lowest BCUT2D eigenvalue weighted by molar-refractivity contribution is -0.154. The highest BCUT2D eigenvalue weighted by atomic mass is 28.4. The zero-order chi connectivity index (χ0) is 35.3. The number of oxime groups is 1. The molecule has 0 spiro atoms. The minimum atomic E-state index is -2.24. The molecule has 0 bridgehead atoms. The Labute approximate surface area is 283 Å². The number of hydrogen-bond acceptors (Lipinski definition) is 8. The molecule has 1 heterocycles. The highest BCUT2D eigenvalue weighted by Gasteiger charge is 2.45. The van der Waals surface area contributed by atoms with E-state index in [1.807, 2.05) is 12.1 Å². The molecule has 2 aromatic rings. The van der Waals surface area contributed by atoms with Crippen molar-refractivity contribution in [2.45, 2.75) is 129 Å². The number of carbonyl (C=O) groups is 1. The Hall–Kier alpha value is -1.38. The Morgan fingerprint density at radius 1 is 0.783 bits per heavy atom. The summed E-state index contributed by atoms with van der Waals surface area (Å²) in [6, 6.07) is 8.25. The number of hydrogen-bond donors (Lipinski definition) is 0. The van der Waals surface area contributed by atoms with Gasteiger partial charge in [-0.2, -0.15) is 0 Å². The Morgan fingerprint density at radius 3 is 1.83 bits per heavy atom. The Balaban J connectivity index is 2.63. The molecule has 1 aromatic carbocycles. The van der Waals surface area contributed by atoms with E-state index in [9.17, 15) is 4.79 Å². The van der Waals surface area contributed by atoms with Gasteiger partial charge < -0.3 is 31.5 Å². The Morgan fingerprint density at radius 2 is 1.33 bits per heavy atom. The van der Waals surface area contributed by atoms with Crippen LogP contribution in [0.15, 0.2) is 35.6 Å². The Kier molecular flexibility index (Phi) is 14.1. The number of carbonyl (C=O) groups excluding carboxylic acids is 1. The quantitative estimate of drug-likeness (QED) is 0.0668. The van der Waals surface area contributed by atoms with E-state index in [2.05, 4.69) is 126 Å². The van der Waals surface area contributed by atoms with Crippen molar-refractivity contribution in [2.75, 3.05) is 13.7 Å². The molecular weight excluding hydrogens is 665 g/mol. The van der Waals surface area contributed by atoms with E-state index in [1.54, 1.807) is 0 Å². The van der Waals surface area contributed by atoms with E-state index in [0.29, 0.717) is 6.61 Å². The summed E-state index contributed by atoms with van der Waals surface area (Å²) >= 11 is 0. The largest absolute Gasteiger partial charge is 0.453 e. The zero-order valence-electron chi connectivity index (χ0n) is 31.4. The predicted octanol–water partition coefficient (Wildman–Crippen LogP) is 7.92. The third-order valence-electron chi connectivity index (χ3n) is 6.61. The minimum absolute atomic E-state index is 0.113. The number of aromatic nitrogens is 1. The van der Waals surface area contributed by atoms with Gasteiger partial charge in [0.2, 0.25) is 0 Å². The number of benzene rings is 1. The van der Waals surface area contributed by atoms with Crippen LogP contribution < -0.4 is 0 Å². The molecule has 1 aromatic heterocycles. The first-order valence-corrected chi connectivity index (χ1v) is 33.4. The van der Waals surface area contributed by atoms with E-state index in [0.717, 1.165) is 16.5 Å². The summed E-state index contributed by atoms with van der Waals surface area (Å²) in [5, 5.41) is 5.16. The standard InChI is InChI=1S/C32H62N2O7Si5/c1-36-33-22-28(38-30(35)21-25-23-34(42(2,3)4)27-20-18-17-19-26(25)27)31(40-45(11,12)13)32(41-46(14,15)16)29(39-44(8,9)10)24-37-43(5,6)7/h17-20,22-23,28-29,31-32H,21,24H2,1-16H3/b33-22+/t28-,29+,31+,32+/m0/s1. The van der Waals surface area contributed by atoms with Crippen molar-refractivity contribution in [3.05, 3.63) is 36.0 Å². The zero-order valence-corrected chi connectivity index (χ0v) is 36.4. The molecule has 0 N–H and O–H groups in total. The second kappa shape index (κ2) is 15.9. The molecule has 9 nitrogen and oxygen atoms in total. The van der Waals surface area contributed by atoms with Gasteiger partial charge in [0.15, 0.2) is 47.6 Å². The molecule has 4 atom stereocenters. The molecule has 0 aliphatic rings. The lowest BCUT2D eigenvalue weighted by Crippen LogP contribution is -2.59. The number of esters is 1. The lowest BCUT2D eigenvalue weighted by atomic mass is 10.0. The molecule has 0 aliphatic carbocycles. The molecule has 0 fully saturated rings. The average Bonchev–Trinajstić information content (AvgIpc) is 3.23. The molecule has 0 unspecified atom stereocenters. The van der Waals surface area contributed by atoms with Crippen LogP contribution in [-0.2, 0) is 38.5 Å². The molecule has 0 saturated heterocycles. The predicted molar refractivity (Wildman–Crippen MR) is 204 cm³/mol. The van der Waals surface area contributed by atoms with Crippen LogP contribution in [0.5, 0.6) is 0 Å². The lowest BCUT2D eigenvalue weighted by Gasteiger charge is -2.43. The highest BCUT2D eigenvalue weighted by molar-refractivity contribution is 6.75. The first-order valence-electron chi connectivity index (χ1n) is 16.3. The fraction of sp³-hybridized carbons (Fsp3) is 0.688. The summed E-state index contributed by atoms with van der Waals surface area (Å²) in [5.74, 6) is -0.372. The summed E-state index contributed by atoms with van der Waals surface area (Å²) in [4.78, 5) is 19.0. The number of ether oxygens (including phenoxy) is 1. The number of rotatable bonds is 18. The van der Waals surface area contributed by atoms with Gasteiger partial charge >= 0.3 is 5.97 Å². The molecule has 0 aliphatic heterocycles. The average molecular weight is 727 g/mol. The smallest absolute Gasteiger partial charge is 0.311 e. The molecule has 0 saturated carbocycles. The van der Waals surface area contributed by atoms with Crippen LogP contribution >= 0.6 is 0 Å². The summed E-state index contributed by atoms with van der Waals surface area (Å²) in [6.07, 6.45) is 1.17. The van der Waals surface area contributed by atoms with Crippen LogP contribution in [0.25, 0.3) is 10.9 Å². The van der Waals surface area contributed by atoms with Gasteiger partial charge in [0.1, 0.15) is 19.3 Å². The van der Waals surface area contributed by atoms with Crippen molar-refractivity contribution in [3.63, 3.8) is 0 Å².